The number of carbonyl (C=O) groups is 1. The molecule has 2 heterocycles. The van der Waals surface area contributed by atoms with Crippen LogP contribution < -0.4 is 0 Å². The second-order valence-electron chi connectivity index (χ2n) is 6.43. The molecule has 0 fully saturated rings. The normalized spacial score (nSPS) is 11.3. The number of thioether (sulfide) groups is 1. The molecule has 0 aliphatic rings. The number of pyridine rings is 1. The summed E-state index contributed by atoms with van der Waals surface area (Å²) in [6.45, 7) is 5.97. The van der Waals surface area contributed by atoms with Crippen molar-refractivity contribution in [1.29, 1.82) is 0 Å². The van der Waals surface area contributed by atoms with Crippen LogP contribution in [0.3, 0.4) is 0 Å². The van der Waals surface area contributed by atoms with Gasteiger partial charge in [-0.1, -0.05) is 42.4 Å². The van der Waals surface area contributed by atoms with Crippen LogP contribution in [0.2, 0.25) is 5.15 Å². The number of halogens is 1. The van der Waals surface area contributed by atoms with Crippen LogP contribution in [-0.4, -0.2) is 30.8 Å². The summed E-state index contributed by atoms with van der Waals surface area (Å²) in [5.74, 6) is 0.319. The van der Waals surface area contributed by atoms with Crippen molar-refractivity contribution in [2.24, 2.45) is 0 Å². The van der Waals surface area contributed by atoms with E-state index in [9.17, 15) is 9.90 Å². The van der Waals surface area contributed by atoms with Crippen LogP contribution in [0, 0.1) is 13.8 Å². The summed E-state index contributed by atoms with van der Waals surface area (Å²) in [5, 5.41) is 19.6. The lowest BCUT2D eigenvalue weighted by Gasteiger charge is -2.10. The Bertz CT molecular complexity index is 1000. The second kappa shape index (κ2) is 8.27. The van der Waals surface area contributed by atoms with E-state index in [0.717, 1.165) is 28.5 Å². The zero-order valence-electron chi connectivity index (χ0n) is 15.5. The van der Waals surface area contributed by atoms with E-state index in [1.165, 1.54) is 17.3 Å². The van der Waals surface area contributed by atoms with Gasteiger partial charge >= 0.3 is 5.97 Å². The highest BCUT2D eigenvalue weighted by Crippen LogP contribution is 2.29. The molecule has 0 aliphatic carbocycles. The highest BCUT2D eigenvalue weighted by Gasteiger charge is 2.16. The van der Waals surface area contributed by atoms with E-state index in [2.05, 4.69) is 28.2 Å². The quantitative estimate of drug-likeness (QED) is 0.463. The molecule has 0 radical (unpaired) electrons. The lowest BCUT2D eigenvalue weighted by molar-refractivity contribution is -0.137. The molecule has 1 N–H and O–H groups in total. The summed E-state index contributed by atoms with van der Waals surface area (Å²) in [4.78, 5) is 15.8. The number of hydrogen-bond donors (Lipinski definition) is 1. The Balaban J connectivity index is 1.87. The fraction of sp³-hybridized carbons (Fsp3) is 0.368. The molecule has 6 nitrogen and oxygen atoms in total. The Morgan fingerprint density at radius 3 is 2.78 bits per heavy atom. The Kier molecular flexibility index (Phi) is 6.01. The number of fused-ring (bicyclic) bond motifs is 1. The SMILES string of the molecule is CCCc1nnc(SCc2cc3ccc(C)c(C)c3nc2Cl)n1CC(=O)O. The van der Waals surface area contributed by atoms with Crippen molar-refractivity contribution in [3.8, 4) is 0 Å². The first-order chi connectivity index (χ1) is 12.9. The van der Waals surface area contributed by atoms with Gasteiger partial charge in [0.25, 0.3) is 0 Å². The molecule has 3 rings (SSSR count). The maximum Gasteiger partial charge on any atom is 0.323 e. The van der Waals surface area contributed by atoms with Gasteiger partial charge in [0.1, 0.15) is 17.5 Å². The number of carboxylic acid groups (broad SMARTS) is 1. The summed E-state index contributed by atoms with van der Waals surface area (Å²) in [5.41, 5.74) is 4.10. The Morgan fingerprint density at radius 2 is 2.07 bits per heavy atom. The summed E-state index contributed by atoms with van der Waals surface area (Å²) in [6.07, 6.45) is 1.57. The fourth-order valence-electron chi connectivity index (χ4n) is 2.88. The minimum atomic E-state index is -0.912. The molecule has 27 heavy (non-hydrogen) atoms. The summed E-state index contributed by atoms with van der Waals surface area (Å²) in [7, 11) is 0. The standard InChI is InChI=1S/C19H21ClN4O2S/c1-4-5-15-22-23-19(24(15)9-16(25)26)27-10-14-8-13-7-6-11(2)12(3)17(13)21-18(14)20/h6-8H,4-5,9-10H2,1-3H3,(H,25,26). The van der Waals surface area contributed by atoms with Crippen LogP contribution in [0.25, 0.3) is 10.9 Å². The van der Waals surface area contributed by atoms with Crippen LogP contribution in [0.15, 0.2) is 23.4 Å². The van der Waals surface area contributed by atoms with Crippen LogP contribution in [0.4, 0.5) is 0 Å². The molecular formula is C19H21ClN4O2S. The fourth-order valence-corrected chi connectivity index (χ4v) is 4.09. The van der Waals surface area contributed by atoms with Crippen molar-refractivity contribution in [3.05, 3.63) is 45.9 Å². The van der Waals surface area contributed by atoms with Crippen molar-refractivity contribution in [2.75, 3.05) is 0 Å². The van der Waals surface area contributed by atoms with Crippen LogP contribution >= 0.6 is 23.4 Å². The van der Waals surface area contributed by atoms with E-state index in [1.54, 1.807) is 4.57 Å². The number of aromatic nitrogens is 4. The van der Waals surface area contributed by atoms with E-state index >= 15 is 0 Å². The van der Waals surface area contributed by atoms with E-state index in [4.69, 9.17) is 11.6 Å². The van der Waals surface area contributed by atoms with Crippen molar-refractivity contribution in [3.63, 3.8) is 0 Å². The molecule has 0 aliphatic heterocycles. The molecule has 0 atom stereocenters. The third-order valence-corrected chi connectivity index (χ3v) is 5.80. The van der Waals surface area contributed by atoms with Gasteiger partial charge in [0, 0.05) is 23.1 Å². The molecule has 0 saturated carbocycles. The minimum Gasteiger partial charge on any atom is -0.480 e. The maximum atomic E-state index is 11.2. The Labute approximate surface area is 167 Å². The average molecular weight is 405 g/mol. The van der Waals surface area contributed by atoms with Gasteiger partial charge in [-0.15, -0.1) is 10.2 Å². The number of aliphatic carboxylic acids is 1. The highest BCUT2D eigenvalue weighted by molar-refractivity contribution is 7.98. The van der Waals surface area contributed by atoms with Crippen LogP contribution in [0.1, 0.15) is 35.9 Å². The van der Waals surface area contributed by atoms with E-state index < -0.39 is 5.97 Å². The van der Waals surface area contributed by atoms with E-state index in [-0.39, 0.29) is 6.54 Å². The molecular weight excluding hydrogens is 384 g/mol. The highest BCUT2D eigenvalue weighted by atomic mass is 35.5. The molecule has 0 amide bonds. The number of rotatable bonds is 7. The van der Waals surface area contributed by atoms with Crippen molar-refractivity contribution in [1.82, 2.24) is 19.7 Å². The van der Waals surface area contributed by atoms with Crippen LogP contribution in [-0.2, 0) is 23.5 Å². The molecule has 1 aromatic carbocycles. The third kappa shape index (κ3) is 4.25. The number of nitrogens with zero attached hydrogens (tertiary/aromatic N) is 4. The Morgan fingerprint density at radius 1 is 1.30 bits per heavy atom. The zero-order chi connectivity index (χ0) is 19.6. The van der Waals surface area contributed by atoms with Gasteiger partial charge in [0.05, 0.1) is 5.52 Å². The monoisotopic (exact) mass is 404 g/mol. The molecule has 2 aromatic heterocycles. The van der Waals surface area contributed by atoms with Crippen molar-refractivity contribution < 1.29 is 9.90 Å². The first kappa shape index (κ1) is 19.6. The first-order valence-electron chi connectivity index (χ1n) is 8.72. The van der Waals surface area contributed by atoms with Gasteiger partial charge in [0.2, 0.25) is 0 Å². The predicted molar refractivity (Wildman–Crippen MR) is 107 cm³/mol. The largest absolute Gasteiger partial charge is 0.480 e. The van der Waals surface area contributed by atoms with Gasteiger partial charge in [-0.3, -0.25) is 9.36 Å². The summed E-state index contributed by atoms with van der Waals surface area (Å²) in [6, 6.07) is 6.15. The lowest BCUT2D eigenvalue weighted by Crippen LogP contribution is -2.13. The molecule has 0 bridgehead atoms. The molecule has 0 saturated heterocycles. The third-order valence-electron chi connectivity index (χ3n) is 4.45. The van der Waals surface area contributed by atoms with Crippen molar-refractivity contribution >= 4 is 40.2 Å². The molecule has 0 spiro atoms. The number of carboxylic acids is 1. The molecule has 3 aromatic rings. The topological polar surface area (TPSA) is 80.9 Å². The van der Waals surface area contributed by atoms with E-state index in [0.29, 0.717) is 28.3 Å². The molecule has 142 valence electrons. The number of hydrogen-bond acceptors (Lipinski definition) is 5. The van der Waals surface area contributed by atoms with Gasteiger partial charge in [-0.2, -0.15) is 0 Å². The second-order valence-corrected chi connectivity index (χ2v) is 7.74. The van der Waals surface area contributed by atoms with Gasteiger partial charge < -0.3 is 5.11 Å². The van der Waals surface area contributed by atoms with E-state index in [1.807, 2.05) is 26.0 Å². The zero-order valence-corrected chi connectivity index (χ0v) is 17.1. The number of aryl methyl sites for hydroxylation is 3. The van der Waals surface area contributed by atoms with Crippen molar-refractivity contribution in [2.45, 2.75) is 51.1 Å². The smallest absolute Gasteiger partial charge is 0.323 e. The summed E-state index contributed by atoms with van der Waals surface area (Å²) < 4.78 is 1.66. The number of benzene rings is 1. The average Bonchev–Trinajstić information content (AvgIpc) is 2.99. The lowest BCUT2D eigenvalue weighted by atomic mass is 10.0. The first-order valence-corrected chi connectivity index (χ1v) is 10.1. The van der Waals surface area contributed by atoms with Gasteiger partial charge in [-0.25, -0.2) is 4.98 Å². The molecule has 8 heteroatoms. The molecule has 0 unspecified atom stereocenters. The minimum absolute atomic E-state index is 0.146. The maximum absolute atomic E-state index is 11.2. The predicted octanol–water partition coefficient (Wildman–Crippen LogP) is 4.43. The van der Waals surface area contributed by atoms with Gasteiger partial charge in [0.15, 0.2) is 5.16 Å². The Hall–Kier alpha value is -2.12. The van der Waals surface area contributed by atoms with Crippen LogP contribution in [0.5, 0.6) is 0 Å². The summed E-state index contributed by atoms with van der Waals surface area (Å²) >= 11 is 7.83. The van der Waals surface area contributed by atoms with Gasteiger partial charge in [-0.05, 0) is 37.5 Å².